The average Bonchev–Trinajstić information content (AvgIpc) is 2.45. The van der Waals surface area contributed by atoms with Gasteiger partial charge < -0.3 is 10.6 Å². The summed E-state index contributed by atoms with van der Waals surface area (Å²) in [5.41, 5.74) is 7.80. The zero-order chi connectivity index (χ0) is 14.4. The lowest BCUT2D eigenvalue weighted by Crippen LogP contribution is -2.20. The highest BCUT2D eigenvalue weighted by atomic mass is 19.1. The molecule has 2 aromatic carbocycles. The van der Waals surface area contributed by atoms with Crippen molar-refractivity contribution in [1.29, 1.82) is 0 Å². The molecular weight excluding hydrogens is 251 g/mol. The highest BCUT2D eigenvalue weighted by molar-refractivity contribution is 5.42. The molecule has 2 nitrogen and oxygen atoms in total. The molecule has 0 bridgehead atoms. The second-order valence-electron chi connectivity index (χ2n) is 5.15. The minimum Gasteiger partial charge on any atom is -0.396 e. The van der Waals surface area contributed by atoms with Crippen LogP contribution in [0.5, 0.6) is 0 Å². The quantitative estimate of drug-likeness (QED) is 0.816. The monoisotopic (exact) mass is 272 g/mol. The number of aryl methyl sites for hydroxylation is 1. The summed E-state index contributed by atoms with van der Waals surface area (Å²) in [5.74, 6) is -0.289. The minimum atomic E-state index is -0.289. The summed E-state index contributed by atoms with van der Waals surface area (Å²) in [4.78, 5) is 2.13. The molecule has 20 heavy (non-hydrogen) atoms. The average molecular weight is 272 g/mol. The molecular formula is C17H21FN2. The van der Waals surface area contributed by atoms with Gasteiger partial charge in [-0.05, 0) is 38.1 Å². The second kappa shape index (κ2) is 7.06. The number of benzene rings is 2. The van der Waals surface area contributed by atoms with E-state index in [-0.39, 0.29) is 11.5 Å². The fraction of sp³-hybridized carbons (Fsp3) is 0.294. The zero-order valence-corrected chi connectivity index (χ0v) is 11.8. The van der Waals surface area contributed by atoms with Gasteiger partial charge in [-0.15, -0.1) is 0 Å². The van der Waals surface area contributed by atoms with Crippen LogP contribution >= 0.6 is 0 Å². The van der Waals surface area contributed by atoms with Gasteiger partial charge in [0.1, 0.15) is 0 Å². The fourth-order valence-electron chi connectivity index (χ4n) is 2.29. The van der Waals surface area contributed by atoms with E-state index < -0.39 is 0 Å². The molecule has 0 atom stereocenters. The molecule has 0 aliphatic rings. The molecule has 0 amide bonds. The maximum Gasteiger partial charge on any atom is 0.150 e. The van der Waals surface area contributed by atoms with Crippen LogP contribution in [0, 0.1) is 5.82 Å². The van der Waals surface area contributed by atoms with E-state index in [1.54, 1.807) is 18.2 Å². The largest absolute Gasteiger partial charge is 0.396 e. The molecule has 0 radical (unpaired) electrons. The third-order valence-electron chi connectivity index (χ3n) is 3.40. The predicted molar refractivity (Wildman–Crippen MR) is 81.9 cm³/mol. The molecule has 0 saturated heterocycles. The number of nitrogens with zero attached hydrogens (tertiary/aromatic N) is 1. The molecule has 2 N–H and O–H groups in total. The fourth-order valence-corrected chi connectivity index (χ4v) is 2.29. The molecule has 0 unspecified atom stereocenters. The Hall–Kier alpha value is -1.87. The molecule has 0 heterocycles. The van der Waals surface area contributed by atoms with E-state index in [0.717, 1.165) is 19.4 Å². The smallest absolute Gasteiger partial charge is 0.150 e. The van der Waals surface area contributed by atoms with E-state index in [2.05, 4.69) is 29.2 Å². The maximum atomic E-state index is 13.8. The van der Waals surface area contributed by atoms with Crippen LogP contribution < -0.4 is 5.73 Å². The standard InChI is InChI=1S/C17H21FN2/c1-20(12-6-9-14-7-3-2-4-8-14)13-15-10-5-11-16(19)17(15)18/h2-5,7-8,10-11H,6,9,12-13,19H2,1H3. The van der Waals surface area contributed by atoms with Crippen LogP contribution in [0.4, 0.5) is 10.1 Å². The van der Waals surface area contributed by atoms with Crippen molar-refractivity contribution < 1.29 is 4.39 Å². The van der Waals surface area contributed by atoms with E-state index in [1.165, 1.54) is 5.56 Å². The topological polar surface area (TPSA) is 29.3 Å². The van der Waals surface area contributed by atoms with Gasteiger partial charge in [0.15, 0.2) is 5.82 Å². The van der Waals surface area contributed by atoms with Crippen molar-refractivity contribution in [1.82, 2.24) is 4.90 Å². The third kappa shape index (κ3) is 4.07. The number of hydrogen-bond acceptors (Lipinski definition) is 2. The highest BCUT2D eigenvalue weighted by Gasteiger charge is 2.07. The lowest BCUT2D eigenvalue weighted by atomic mass is 10.1. The zero-order valence-electron chi connectivity index (χ0n) is 11.8. The molecule has 0 saturated carbocycles. The number of halogens is 1. The van der Waals surface area contributed by atoms with E-state index in [4.69, 9.17) is 5.73 Å². The molecule has 0 spiro atoms. The summed E-state index contributed by atoms with van der Waals surface area (Å²) in [7, 11) is 2.01. The Bertz CT molecular complexity index is 540. The van der Waals surface area contributed by atoms with Crippen LogP contribution in [-0.2, 0) is 13.0 Å². The Morgan fingerprint density at radius 3 is 2.55 bits per heavy atom. The summed E-state index contributed by atoms with van der Waals surface area (Å²) >= 11 is 0. The number of hydrogen-bond donors (Lipinski definition) is 1. The summed E-state index contributed by atoms with van der Waals surface area (Å²) in [6.45, 7) is 1.52. The van der Waals surface area contributed by atoms with Crippen molar-refractivity contribution in [2.24, 2.45) is 0 Å². The predicted octanol–water partition coefficient (Wildman–Crippen LogP) is 3.47. The first kappa shape index (κ1) is 14.5. The van der Waals surface area contributed by atoms with Gasteiger partial charge in [-0.3, -0.25) is 0 Å². The van der Waals surface area contributed by atoms with Gasteiger partial charge in [-0.25, -0.2) is 4.39 Å². The van der Waals surface area contributed by atoms with Crippen LogP contribution in [0.3, 0.4) is 0 Å². The first-order valence-electron chi connectivity index (χ1n) is 6.92. The molecule has 0 aliphatic heterocycles. The first-order valence-corrected chi connectivity index (χ1v) is 6.92. The number of rotatable bonds is 6. The number of anilines is 1. The van der Waals surface area contributed by atoms with Crippen molar-refractivity contribution >= 4 is 5.69 Å². The first-order chi connectivity index (χ1) is 9.66. The Morgan fingerprint density at radius 2 is 1.80 bits per heavy atom. The Kier molecular flexibility index (Phi) is 5.13. The minimum absolute atomic E-state index is 0.222. The van der Waals surface area contributed by atoms with Crippen LogP contribution in [0.25, 0.3) is 0 Å². The van der Waals surface area contributed by atoms with Crippen molar-refractivity contribution in [3.05, 3.63) is 65.5 Å². The van der Waals surface area contributed by atoms with Crippen LogP contribution in [-0.4, -0.2) is 18.5 Å². The molecule has 3 heteroatoms. The summed E-state index contributed by atoms with van der Waals surface area (Å²) in [6.07, 6.45) is 2.11. The molecule has 0 fully saturated rings. The molecule has 2 rings (SSSR count). The van der Waals surface area contributed by atoms with Gasteiger partial charge in [-0.2, -0.15) is 0 Å². The van der Waals surface area contributed by atoms with Gasteiger partial charge in [0.25, 0.3) is 0 Å². The SMILES string of the molecule is CN(CCCc1ccccc1)Cc1cccc(N)c1F. The Labute approximate surface area is 120 Å². The van der Waals surface area contributed by atoms with Gasteiger partial charge in [0.05, 0.1) is 5.69 Å². The normalized spacial score (nSPS) is 10.9. The summed E-state index contributed by atoms with van der Waals surface area (Å²) < 4.78 is 13.8. The van der Waals surface area contributed by atoms with Gasteiger partial charge in [0.2, 0.25) is 0 Å². The van der Waals surface area contributed by atoms with Gasteiger partial charge in [0, 0.05) is 12.1 Å². The van der Waals surface area contributed by atoms with E-state index in [0.29, 0.717) is 12.1 Å². The van der Waals surface area contributed by atoms with E-state index in [1.807, 2.05) is 13.1 Å². The number of nitrogens with two attached hydrogens (primary N) is 1. The summed E-state index contributed by atoms with van der Waals surface area (Å²) in [6, 6.07) is 15.6. The third-order valence-corrected chi connectivity index (χ3v) is 3.40. The van der Waals surface area contributed by atoms with Crippen LogP contribution in [0.1, 0.15) is 17.5 Å². The van der Waals surface area contributed by atoms with E-state index in [9.17, 15) is 4.39 Å². The van der Waals surface area contributed by atoms with Crippen LogP contribution in [0.2, 0.25) is 0 Å². The van der Waals surface area contributed by atoms with Crippen molar-refractivity contribution in [2.45, 2.75) is 19.4 Å². The molecule has 0 aromatic heterocycles. The Morgan fingerprint density at radius 1 is 1.05 bits per heavy atom. The van der Waals surface area contributed by atoms with Gasteiger partial charge in [-0.1, -0.05) is 42.5 Å². The summed E-state index contributed by atoms with van der Waals surface area (Å²) in [5, 5.41) is 0. The molecule has 0 aliphatic carbocycles. The Balaban J connectivity index is 1.81. The maximum absolute atomic E-state index is 13.8. The van der Waals surface area contributed by atoms with Crippen molar-refractivity contribution in [3.63, 3.8) is 0 Å². The van der Waals surface area contributed by atoms with Crippen molar-refractivity contribution in [2.75, 3.05) is 19.3 Å². The second-order valence-corrected chi connectivity index (χ2v) is 5.15. The van der Waals surface area contributed by atoms with Crippen molar-refractivity contribution in [3.8, 4) is 0 Å². The number of nitrogen functional groups attached to an aromatic ring is 1. The van der Waals surface area contributed by atoms with E-state index >= 15 is 0 Å². The molecule has 2 aromatic rings. The molecule has 106 valence electrons. The van der Waals surface area contributed by atoms with Gasteiger partial charge >= 0.3 is 0 Å². The lowest BCUT2D eigenvalue weighted by Gasteiger charge is -2.17. The van der Waals surface area contributed by atoms with Crippen LogP contribution in [0.15, 0.2) is 48.5 Å². The highest BCUT2D eigenvalue weighted by Crippen LogP contribution is 2.16. The lowest BCUT2D eigenvalue weighted by molar-refractivity contribution is 0.317.